The second-order valence-corrected chi connectivity index (χ2v) is 9.19. The Morgan fingerprint density at radius 3 is 2.49 bits per heavy atom. The van der Waals surface area contributed by atoms with Gasteiger partial charge in [0.15, 0.2) is 0 Å². The van der Waals surface area contributed by atoms with Crippen molar-refractivity contribution in [1.29, 1.82) is 0 Å². The number of rotatable bonds is 7. The van der Waals surface area contributed by atoms with Crippen LogP contribution in [-0.4, -0.2) is 54.0 Å². The van der Waals surface area contributed by atoms with Gasteiger partial charge in [-0.1, -0.05) is 42.1 Å². The molecule has 1 fully saturated rings. The summed E-state index contributed by atoms with van der Waals surface area (Å²) in [5.74, 6) is -0.360. The third kappa shape index (κ3) is 6.23. The van der Waals surface area contributed by atoms with Crippen LogP contribution in [0.3, 0.4) is 0 Å². The first-order valence-corrected chi connectivity index (χ1v) is 11.7. The Balaban J connectivity index is 1.64. The maximum atomic E-state index is 13.5. The van der Waals surface area contributed by atoms with Crippen LogP contribution in [0.2, 0.25) is 0 Å². The number of aromatic nitrogens is 2. The first-order chi connectivity index (χ1) is 16.7. The van der Waals surface area contributed by atoms with Gasteiger partial charge < -0.3 is 20.3 Å². The largest absolute Gasteiger partial charge is 0.472 e. The summed E-state index contributed by atoms with van der Waals surface area (Å²) in [6.45, 7) is 3.48. The fraction of sp³-hybridized carbons (Fsp3) is 0.292. The van der Waals surface area contributed by atoms with Gasteiger partial charge in [-0.2, -0.15) is 18.2 Å². The molecule has 0 atom stereocenters. The van der Waals surface area contributed by atoms with Gasteiger partial charge in [0.1, 0.15) is 6.61 Å². The number of alkyl halides is 3. The number of anilines is 1. The molecule has 184 valence electrons. The fourth-order valence-electron chi connectivity index (χ4n) is 3.57. The predicted molar refractivity (Wildman–Crippen MR) is 127 cm³/mol. The highest BCUT2D eigenvalue weighted by Gasteiger charge is 2.35. The fourth-order valence-corrected chi connectivity index (χ4v) is 4.43. The average Bonchev–Trinajstić information content (AvgIpc) is 2.84. The molecule has 0 radical (unpaired) electrons. The highest BCUT2D eigenvalue weighted by atomic mass is 32.2. The van der Waals surface area contributed by atoms with Gasteiger partial charge in [-0.15, -0.1) is 0 Å². The molecule has 35 heavy (non-hydrogen) atoms. The lowest BCUT2D eigenvalue weighted by Crippen LogP contribution is -2.45. The van der Waals surface area contributed by atoms with Crippen LogP contribution < -0.4 is 15.4 Å². The summed E-state index contributed by atoms with van der Waals surface area (Å²) in [7, 11) is 2.05. The normalized spacial score (nSPS) is 14.7. The van der Waals surface area contributed by atoms with Crippen LogP contribution in [0.25, 0.3) is 0 Å². The summed E-state index contributed by atoms with van der Waals surface area (Å²) in [6.07, 6.45) is -3.17. The highest BCUT2D eigenvalue weighted by molar-refractivity contribution is 7.99. The minimum Gasteiger partial charge on any atom is -0.472 e. The van der Waals surface area contributed by atoms with Crippen LogP contribution in [-0.2, 0) is 12.8 Å². The Morgan fingerprint density at radius 2 is 1.83 bits per heavy atom. The molecule has 1 amide bonds. The highest BCUT2D eigenvalue weighted by Crippen LogP contribution is 2.39. The van der Waals surface area contributed by atoms with E-state index in [1.54, 1.807) is 6.20 Å². The van der Waals surface area contributed by atoms with Crippen LogP contribution in [0, 0.1) is 0 Å². The zero-order valence-electron chi connectivity index (χ0n) is 19.0. The minimum atomic E-state index is -4.73. The number of amides is 1. The van der Waals surface area contributed by atoms with Crippen molar-refractivity contribution in [1.82, 2.24) is 14.9 Å². The molecule has 0 spiro atoms. The summed E-state index contributed by atoms with van der Waals surface area (Å²) in [5, 5.41) is 0. The Labute approximate surface area is 205 Å². The van der Waals surface area contributed by atoms with Crippen molar-refractivity contribution in [2.45, 2.75) is 22.6 Å². The summed E-state index contributed by atoms with van der Waals surface area (Å²) in [5.41, 5.74) is 4.39. The van der Waals surface area contributed by atoms with Crippen molar-refractivity contribution in [2.75, 3.05) is 38.1 Å². The zero-order chi connectivity index (χ0) is 25.0. The van der Waals surface area contributed by atoms with E-state index in [4.69, 9.17) is 10.5 Å². The molecule has 1 aliphatic heterocycles. The first kappa shape index (κ1) is 24.8. The lowest BCUT2D eigenvalue weighted by Gasteiger charge is -2.32. The standard InChI is InChI=1S/C24H24F3N5O2S/c1-31-9-11-32(12-10-31)23-29-14-20(22(30-23)34-15-16-5-3-2-4-6-16)35-17-7-8-18(21(28)33)19(13-17)24(25,26)27/h2-8,13-14H,9-12,15H2,1H3,(H2,28,33). The molecule has 1 saturated heterocycles. The van der Waals surface area contributed by atoms with E-state index in [1.807, 2.05) is 42.3 Å². The van der Waals surface area contributed by atoms with E-state index in [-0.39, 0.29) is 17.4 Å². The molecular formula is C24H24F3N5O2S. The number of carbonyl (C=O) groups is 1. The third-order valence-electron chi connectivity index (χ3n) is 5.50. The number of hydrogen-bond donors (Lipinski definition) is 1. The summed E-state index contributed by atoms with van der Waals surface area (Å²) >= 11 is 1.03. The van der Waals surface area contributed by atoms with Crippen molar-refractivity contribution in [3.63, 3.8) is 0 Å². The number of nitrogens with two attached hydrogens (primary N) is 1. The molecule has 1 aliphatic rings. The second kappa shape index (κ2) is 10.5. The third-order valence-corrected chi connectivity index (χ3v) is 6.49. The molecule has 1 aromatic heterocycles. The number of halogens is 3. The predicted octanol–water partition coefficient (Wildman–Crippen LogP) is 4.08. The lowest BCUT2D eigenvalue weighted by atomic mass is 10.1. The van der Waals surface area contributed by atoms with Gasteiger partial charge in [0.05, 0.1) is 22.2 Å². The van der Waals surface area contributed by atoms with Gasteiger partial charge in [0, 0.05) is 31.1 Å². The Kier molecular flexibility index (Phi) is 7.46. The van der Waals surface area contributed by atoms with Crippen molar-refractivity contribution in [3.8, 4) is 5.88 Å². The number of ether oxygens (including phenoxy) is 1. The molecule has 2 aromatic carbocycles. The smallest absolute Gasteiger partial charge is 0.417 e. The van der Waals surface area contributed by atoms with Crippen LogP contribution in [0.5, 0.6) is 5.88 Å². The molecule has 7 nitrogen and oxygen atoms in total. The summed E-state index contributed by atoms with van der Waals surface area (Å²) in [4.78, 5) is 25.5. The number of nitrogens with zero attached hydrogens (tertiary/aromatic N) is 4. The molecule has 0 unspecified atom stereocenters. The van der Waals surface area contributed by atoms with Gasteiger partial charge in [-0.3, -0.25) is 4.79 Å². The van der Waals surface area contributed by atoms with Crippen LogP contribution in [0.1, 0.15) is 21.5 Å². The van der Waals surface area contributed by atoms with E-state index >= 15 is 0 Å². The number of hydrogen-bond acceptors (Lipinski definition) is 7. The maximum absolute atomic E-state index is 13.5. The molecule has 11 heteroatoms. The molecule has 0 bridgehead atoms. The van der Waals surface area contributed by atoms with E-state index in [1.165, 1.54) is 6.07 Å². The summed E-state index contributed by atoms with van der Waals surface area (Å²) < 4.78 is 46.6. The van der Waals surface area contributed by atoms with Gasteiger partial charge in [-0.25, -0.2) is 4.98 Å². The molecule has 3 aromatic rings. The number of piperazine rings is 1. The van der Waals surface area contributed by atoms with Crippen molar-refractivity contribution >= 4 is 23.6 Å². The number of likely N-dealkylation sites (N-methyl/N-ethyl adjacent to an activating group) is 1. The van der Waals surface area contributed by atoms with E-state index in [0.29, 0.717) is 10.8 Å². The van der Waals surface area contributed by atoms with E-state index in [9.17, 15) is 18.0 Å². The Morgan fingerprint density at radius 1 is 1.11 bits per heavy atom. The molecule has 2 N–H and O–H groups in total. The zero-order valence-corrected chi connectivity index (χ0v) is 19.8. The van der Waals surface area contributed by atoms with E-state index < -0.39 is 23.2 Å². The Bertz CT molecular complexity index is 1190. The monoisotopic (exact) mass is 503 g/mol. The first-order valence-electron chi connectivity index (χ1n) is 10.9. The SMILES string of the molecule is CN1CCN(c2ncc(Sc3ccc(C(N)=O)c(C(F)(F)F)c3)c(OCc3ccccc3)n2)CC1. The van der Waals surface area contributed by atoms with E-state index in [2.05, 4.69) is 14.9 Å². The second-order valence-electron chi connectivity index (χ2n) is 8.08. The van der Waals surface area contributed by atoms with Gasteiger partial charge in [0.25, 0.3) is 0 Å². The number of benzene rings is 2. The van der Waals surface area contributed by atoms with Gasteiger partial charge in [-0.05, 0) is 30.8 Å². The van der Waals surface area contributed by atoms with Crippen LogP contribution in [0.4, 0.5) is 19.1 Å². The van der Waals surface area contributed by atoms with Crippen molar-refractivity contribution in [3.05, 3.63) is 71.4 Å². The quantitative estimate of drug-likeness (QED) is 0.520. The van der Waals surface area contributed by atoms with Gasteiger partial charge in [0.2, 0.25) is 17.7 Å². The maximum Gasteiger partial charge on any atom is 0.417 e. The topological polar surface area (TPSA) is 84.6 Å². The van der Waals surface area contributed by atoms with Crippen LogP contribution >= 0.6 is 11.8 Å². The van der Waals surface area contributed by atoms with Gasteiger partial charge >= 0.3 is 6.18 Å². The van der Waals surface area contributed by atoms with Crippen molar-refractivity contribution < 1.29 is 22.7 Å². The minimum absolute atomic E-state index is 0.238. The average molecular weight is 504 g/mol. The Hall–Kier alpha value is -3.31. The van der Waals surface area contributed by atoms with E-state index in [0.717, 1.165) is 55.6 Å². The molecule has 2 heterocycles. The number of carbonyl (C=O) groups excluding carboxylic acids is 1. The lowest BCUT2D eigenvalue weighted by molar-refractivity contribution is -0.138. The van der Waals surface area contributed by atoms with Crippen LogP contribution in [0.15, 0.2) is 64.5 Å². The number of primary amides is 1. The summed E-state index contributed by atoms with van der Waals surface area (Å²) in [6, 6.07) is 12.9. The molecule has 0 saturated carbocycles. The molecule has 4 rings (SSSR count). The molecular weight excluding hydrogens is 479 g/mol. The van der Waals surface area contributed by atoms with Crippen molar-refractivity contribution in [2.24, 2.45) is 5.73 Å². The molecule has 0 aliphatic carbocycles.